The van der Waals surface area contributed by atoms with Crippen LogP contribution in [0, 0.1) is 20.8 Å². The molecule has 1 aromatic heterocycles. The number of aryl methyl sites for hydroxylation is 2. The van der Waals surface area contributed by atoms with E-state index in [1.165, 1.54) is 11.8 Å². The van der Waals surface area contributed by atoms with Crippen molar-refractivity contribution in [2.45, 2.75) is 27.3 Å². The standard InChI is InChI=1S/C24H23N3OS/c1-5-10-27-17(4)20(19-8-6-7-9-21(19)27)14-22-23(28)26-24(29-22)25-18-12-15(2)11-16(3)13-18/h5-9,11-14H,1,10H2,2-4H3,(H,25,26,28)/b22-14-. The first-order chi connectivity index (χ1) is 14.0. The Balaban J connectivity index is 1.73. The molecule has 2 heterocycles. The number of fused-ring (bicyclic) bond motifs is 1. The zero-order valence-corrected chi connectivity index (χ0v) is 17.6. The van der Waals surface area contributed by atoms with Crippen LogP contribution in [0.3, 0.4) is 0 Å². The van der Waals surface area contributed by atoms with Gasteiger partial charge in [0.25, 0.3) is 5.91 Å². The number of aliphatic imine (C=N–C) groups is 1. The Morgan fingerprint density at radius 1 is 1.14 bits per heavy atom. The van der Waals surface area contributed by atoms with Crippen molar-refractivity contribution in [3.8, 4) is 0 Å². The van der Waals surface area contributed by atoms with E-state index in [1.807, 2.05) is 50.3 Å². The highest BCUT2D eigenvalue weighted by Crippen LogP contribution is 2.33. The van der Waals surface area contributed by atoms with Crippen molar-refractivity contribution in [3.63, 3.8) is 0 Å². The van der Waals surface area contributed by atoms with Gasteiger partial charge in [-0.25, -0.2) is 4.99 Å². The average molecular weight is 402 g/mol. The Labute approximate surface area is 175 Å². The second-order valence-corrected chi connectivity index (χ2v) is 8.27. The first-order valence-electron chi connectivity index (χ1n) is 9.53. The van der Waals surface area contributed by atoms with Crippen LogP contribution >= 0.6 is 11.8 Å². The largest absolute Gasteiger partial charge is 0.340 e. The first kappa shape index (κ1) is 19.3. The Kier molecular flexibility index (Phi) is 5.16. The number of hydrogen-bond acceptors (Lipinski definition) is 3. The number of para-hydroxylation sites is 1. The van der Waals surface area contributed by atoms with Crippen molar-refractivity contribution >= 4 is 45.5 Å². The number of nitrogens with one attached hydrogen (secondary N) is 1. The number of hydrogen-bond donors (Lipinski definition) is 1. The van der Waals surface area contributed by atoms with E-state index in [-0.39, 0.29) is 5.91 Å². The number of aromatic nitrogens is 1. The number of rotatable bonds is 4. The van der Waals surface area contributed by atoms with Gasteiger partial charge in [0, 0.05) is 28.7 Å². The second-order valence-electron chi connectivity index (χ2n) is 7.24. The monoisotopic (exact) mass is 401 g/mol. The predicted octanol–water partition coefficient (Wildman–Crippen LogP) is 5.64. The van der Waals surface area contributed by atoms with Gasteiger partial charge in [-0.3, -0.25) is 4.79 Å². The van der Waals surface area contributed by atoms with E-state index < -0.39 is 0 Å². The Hall–Kier alpha value is -3.05. The minimum Gasteiger partial charge on any atom is -0.340 e. The zero-order chi connectivity index (χ0) is 20.5. The van der Waals surface area contributed by atoms with Crippen LogP contribution in [0.2, 0.25) is 0 Å². The lowest BCUT2D eigenvalue weighted by Crippen LogP contribution is -2.19. The van der Waals surface area contributed by atoms with Crippen LogP contribution in [-0.4, -0.2) is 15.6 Å². The number of thioether (sulfide) groups is 1. The molecule has 0 bridgehead atoms. The first-order valence-corrected chi connectivity index (χ1v) is 10.3. The molecule has 146 valence electrons. The molecule has 0 saturated carbocycles. The summed E-state index contributed by atoms with van der Waals surface area (Å²) in [7, 11) is 0. The molecule has 2 aromatic carbocycles. The van der Waals surface area contributed by atoms with E-state index >= 15 is 0 Å². The lowest BCUT2D eigenvalue weighted by atomic mass is 10.1. The number of amides is 1. The summed E-state index contributed by atoms with van der Waals surface area (Å²) in [5.74, 6) is -0.113. The topological polar surface area (TPSA) is 46.4 Å². The number of nitrogens with zero attached hydrogens (tertiary/aromatic N) is 2. The van der Waals surface area contributed by atoms with Crippen LogP contribution in [0.25, 0.3) is 17.0 Å². The van der Waals surface area contributed by atoms with Crippen LogP contribution in [0.5, 0.6) is 0 Å². The van der Waals surface area contributed by atoms with Crippen LogP contribution < -0.4 is 5.32 Å². The lowest BCUT2D eigenvalue weighted by Gasteiger charge is -2.04. The van der Waals surface area contributed by atoms with Crippen LogP contribution in [0.1, 0.15) is 22.4 Å². The van der Waals surface area contributed by atoms with E-state index in [9.17, 15) is 4.79 Å². The molecule has 1 fully saturated rings. The lowest BCUT2D eigenvalue weighted by molar-refractivity contribution is -0.115. The van der Waals surface area contributed by atoms with Crippen LogP contribution in [-0.2, 0) is 11.3 Å². The molecule has 29 heavy (non-hydrogen) atoms. The Morgan fingerprint density at radius 2 is 1.86 bits per heavy atom. The summed E-state index contributed by atoms with van der Waals surface area (Å²) in [6, 6.07) is 14.4. The molecule has 1 N–H and O–H groups in total. The van der Waals surface area contributed by atoms with Crippen molar-refractivity contribution in [1.29, 1.82) is 0 Å². The third kappa shape index (κ3) is 3.78. The molecule has 0 radical (unpaired) electrons. The zero-order valence-electron chi connectivity index (χ0n) is 16.8. The summed E-state index contributed by atoms with van der Waals surface area (Å²) in [6.45, 7) is 10.8. The molecule has 0 atom stereocenters. The van der Waals surface area contributed by atoms with Gasteiger partial charge in [-0.05, 0) is 67.9 Å². The van der Waals surface area contributed by atoms with Gasteiger partial charge in [0.15, 0.2) is 5.17 Å². The van der Waals surface area contributed by atoms with E-state index in [2.05, 4.69) is 46.6 Å². The maximum atomic E-state index is 12.6. The summed E-state index contributed by atoms with van der Waals surface area (Å²) in [6.07, 6.45) is 3.86. The molecular weight excluding hydrogens is 378 g/mol. The highest BCUT2D eigenvalue weighted by molar-refractivity contribution is 8.18. The average Bonchev–Trinajstić information content (AvgIpc) is 3.13. The highest BCUT2D eigenvalue weighted by Gasteiger charge is 2.25. The second kappa shape index (κ2) is 7.76. The summed E-state index contributed by atoms with van der Waals surface area (Å²) in [5, 5.41) is 4.64. The summed E-state index contributed by atoms with van der Waals surface area (Å²) in [5.41, 5.74) is 6.48. The number of benzene rings is 2. The molecule has 3 aromatic rings. The molecule has 1 amide bonds. The molecule has 1 aliphatic rings. The summed E-state index contributed by atoms with van der Waals surface area (Å²) in [4.78, 5) is 17.9. The molecule has 4 nitrogen and oxygen atoms in total. The summed E-state index contributed by atoms with van der Waals surface area (Å²) >= 11 is 1.38. The van der Waals surface area contributed by atoms with Crippen molar-refractivity contribution in [1.82, 2.24) is 9.88 Å². The van der Waals surface area contributed by atoms with E-state index in [0.29, 0.717) is 10.1 Å². The van der Waals surface area contributed by atoms with Crippen molar-refractivity contribution in [2.24, 2.45) is 4.99 Å². The fraction of sp³-hybridized carbons (Fsp3) is 0.167. The molecule has 4 rings (SSSR count). The maximum Gasteiger partial charge on any atom is 0.264 e. The van der Waals surface area contributed by atoms with E-state index in [1.54, 1.807) is 0 Å². The van der Waals surface area contributed by atoms with Gasteiger partial charge in [0.05, 0.1) is 10.6 Å². The van der Waals surface area contributed by atoms with Gasteiger partial charge < -0.3 is 9.88 Å². The van der Waals surface area contributed by atoms with Gasteiger partial charge >= 0.3 is 0 Å². The third-order valence-electron chi connectivity index (χ3n) is 4.95. The van der Waals surface area contributed by atoms with Crippen molar-refractivity contribution < 1.29 is 4.79 Å². The quantitative estimate of drug-likeness (QED) is 0.454. The highest BCUT2D eigenvalue weighted by atomic mass is 32.2. The summed E-state index contributed by atoms with van der Waals surface area (Å²) < 4.78 is 2.22. The van der Waals surface area contributed by atoms with Crippen molar-refractivity contribution in [2.75, 3.05) is 0 Å². The molecular formula is C24H23N3OS. The molecule has 0 spiro atoms. The number of carbonyl (C=O) groups is 1. The minimum absolute atomic E-state index is 0.113. The molecule has 5 heteroatoms. The normalized spacial score (nSPS) is 16.7. The van der Waals surface area contributed by atoms with Crippen molar-refractivity contribution in [3.05, 3.63) is 82.4 Å². The molecule has 1 aliphatic heterocycles. The van der Waals surface area contributed by atoms with Gasteiger partial charge in [0.2, 0.25) is 0 Å². The Morgan fingerprint density at radius 3 is 2.59 bits per heavy atom. The van der Waals surface area contributed by atoms with Gasteiger partial charge in [-0.15, -0.1) is 6.58 Å². The SMILES string of the molecule is C=CCn1c(C)c(/C=C2\SC(=Nc3cc(C)cc(C)c3)NC2=O)c2ccccc21. The van der Waals surface area contributed by atoms with E-state index in [0.717, 1.165) is 45.5 Å². The maximum absolute atomic E-state index is 12.6. The smallest absolute Gasteiger partial charge is 0.264 e. The van der Waals surface area contributed by atoms with Gasteiger partial charge in [-0.2, -0.15) is 0 Å². The predicted molar refractivity (Wildman–Crippen MR) is 124 cm³/mol. The van der Waals surface area contributed by atoms with Crippen LogP contribution in [0.15, 0.2) is 65.0 Å². The molecule has 0 aliphatic carbocycles. The number of carbonyl (C=O) groups excluding carboxylic acids is 1. The number of amidine groups is 1. The molecule has 0 unspecified atom stereocenters. The van der Waals surface area contributed by atoms with Gasteiger partial charge in [-0.1, -0.05) is 30.3 Å². The minimum atomic E-state index is -0.113. The Bertz CT molecular complexity index is 1180. The third-order valence-corrected chi connectivity index (χ3v) is 5.86. The van der Waals surface area contributed by atoms with Gasteiger partial charge in [0.1, 0.15) is 0 Å². The molecule has 1 saturated heterocycles. The fourth-order valence-corrected chi connectivity index (χ4v) is 4.57. The number of allylic oxidation sites excluding steroid dienone is 1. The van der Waals surface area contributed by atoms with E-state index in [4.69, 9.17) is 0 Å². The van der Waals surface area contributed by atoms with Crippen LogP contribution in [0.4, 0.5) is 5.69 Å². The fourth-order valence-electron chi connectivity index (χ4n) is 3.75.